The van der Waals surface area contributed by atoms with Crippen molar-refractivity contribution in [2.24, 2.45) is 5.41 Å². The van der Waals surface area contributed by atoms with Crippen molar-refractivity contribution in [2.45, 2.75) is 59.0 Å². The first-order valence-corrected chi connectivity index (χ1v) is 8.44. The van der Waals surface area contributed by atoms with Gasteiger partial charge in [-0.2, -0.15) is 0 Å². The van der Waals surface area contributed by atoms with E-state index in [0.29, 0.717) is 25.7 Å². The van der Waals surface area contributed by atoms with Crippen LogP contribution in [0.25, 0.3) is 0 Å². The molecule has 0 spiro atoms. The molecule has 23 heavy (non-hydrogen) atoms. The molecule has 1 aromatic rings. The highest BCUT2D eigenvalue weighted by molar-refractivity contribution is 5.98. The Hall–Kier alpha value is -1.84. The fourth-order valence-corrected chi connectivity index (χ4v) is 3.22. The number of carbonyl (C=O) groups is 2. The van der Waals surface area contributed by atoms with Crippen molar-refractivity contribution >= 4 is 17.4 Å². The number of Topliss-reactive ketones (excluding diaryl/α,β-unsaturated/α-hetero) is 1. The number of hydrogen-bond donors (Lipinski definition) is 0. The first-order chi connectivity index (χ1) is 10.9. The van der Waals surface area contributed by atoms with E-state index in [1.807, 2.05) is 52.1 Å². The van der Waals surface area contributed by atoms with Crippen LogP contribution in [0.1, 0.15) is 52.9 Å². The number of nitrogens with zero attached hydrogens (tertiary/aromatic N) is 1. The van der Waals surface area contributed by atoms with Crippen LogP contribution in [0, 0.1) is 5.41 Å². The lowest BCUT2D eigenvalue weighted by atomic mass is 9.71. The summed E-state index contributed by atoms with van der Waals surface area (Å²) >= 11 is 0. The van der Waals surface area contributed by atoms with E-state index in [2.05, 4.69) is 0 Å². The van der Waals surface area contributed by atoms with Gasteiger partial charge in [0, 0.05) is 25.6 Å². The summed E-state index contributed by atoms with van der Waals surface area (Å²) in [6, 6.07) is 7.60. The minimum atomic E-state index is -0.393. The van der Waals surface area contributed by atoms with Crippen molar-refractivity contribution in [3.63, 3.8) is 0 Å². The van der Waals surface area contributed by atoms with Gasteiger partial charge in [0.25, 0.3) is 0 Å². The smallest absolute Gasteiger partial charge is 0.232 e. The van der Waals surface area contributed by atoms with Gasteiger partial charge in [0.2, 0.25) is 5.91 Å². The van der Waals surface area contributed by atoms with Gasteiger partial charge in [-0.15, -0.1) is 0 Å². The standard InChI is InChI=1S/C19H27NO3/c1-5-19(12-10-16(21)11-13-19)18(22)20(4)15-6-8-17(9-7-15)23-14(2)3/h6-9,14H,5,10-13H2,1-4H3. The van der Waals surface area contributed by atoms with Gasteiger partial charge in [0.15, 0.2) is 0 Å². The fraction of sp³-hybridized carbons (Fsp3) is 0.579. The number of anilines is 1. The van der Waals surface area contributed by atoms with Crippen molar-refractivity contribution in [1.29, 1.82) is 0 Å². The van der Waals surface area contributed by atoms with Gasteiger partial charge in [-0.25, -0.2) is 0 Å². The molecule has 126 valence electrons. The van der Waals surface area contributed by atoms with Crippen molar-refractivity contribution in [3.05, 3.63) is 24.3 Å². The molecule has 4 heteroatoms. The molecule has 0 bridgehead atoms. The van der Waals surface area contributed by atoms with Crippen LogP contribution < -0.4 is 9.64 Å². The van der Waals surface area contributed by atoms with Crippen molar-refractivity contribution in [1.82, 2.24) is 0 Å². The molecule has 1 aliphatic rings. The minimum Gasteiger partial charge on any atom is -0.491 e. The third-order valence-electron chi connectivity index (χ3n) is 4.80. The number of benzene rings is 1. The molecular formula is C19H27NO3. The van der Waals surface area contributed by atoms with E-state index in [9.17, 15) is 9.59 Å². The van der Waals surface area contributed by atoms with Crippen molar-refractivity contribution < 1.29 is 14.3 Å². The molecule has 4 nitrogen and oxygen atoms in total. The number of carbonyl (C=O) groups excluding carboxylic acids is 2. The molecule has 0 radical (unpaired) electrons. The molecule has 1 amide bonds. The number of amides is 1. The summed E-state index contributed by atoms with van der Waals surface area (Å²) in [7, 11) is 1.81. The van der Waals surface area contributed by atoms with Crippen molar-refractivity contribution in [2.75, 3.05) is 11.9 Å². The van der Waals surface area contributed by atoms with E-state index in [0.717, 1.165) is 17.9 Å². The molecule has 1 fully saturated rings. The lowest BCUT2D eigenvalue weighted by Crippen LogP contribution is -2.44. The van der Waals surface area contributed by atoms with Crippen LogP contribution in [-0.4, -0.2) is 24.8 Å². The first-order valence-electron chi connectivity index (χ1n) is 8.44. The van der Waals surface area contributed by atoms with Crippen LogP contribution >= 0.6 is 0 Å². The highest BCUT2D eigenvalue weighted by atomic mass is 16.5. The second-order valence-corrected chi connectivity index (χ2v) is 6.70. The first kappa shape index (κ1) is 17.5. The second kappa shape index (κ2) is 7.16. The molecule has 0 N–H and O–H groups in total. The average molecular weight is 317 g/mol. The summed E-state index contributed by atoms with van der Waals surface area (Å²) in [6.07, 6.45) is 3.28. The molecular weight excluding hydrogens is 290 g/mol. The fourth-order valence-electron chi connectivity index (χ4n) is 3.22. The summed E-state index contributed by atoms with van der Waals surface area (Å²) in [6.45, 7) is 6.01. The molecule has 2 rings (SSSR count). The number of rotatable bonds is 5. The Morgan fingerprint density at radius 1 is 1.22 bits per heavy atom. The Balaban J connectivity index is 2.13. The Kier molecular flexibility index (Phi) is 5.45. The number of ether oxygens (including phenoxy) is 1. The van der Waals surface area contributed by atoms with Gasteiger partial charge >= 0.3 is 0 Å². The summed E-state index contributed by atoms with van der Waals surface area (Å²) in [4.78, 5) is 26.2. The van der Waals surface area contributed by atoms with Crippen LogP contribution in [0.3, 0.4) is 0 Å². The second-order valence-electron chi connectivity index (χ2n) is 6.70. The quantitative estimate of drug-likeness (QED) is 0.825. The van der Waals surface area contributed by atoms with Crippen molar-refractivity contribution in [3.8, 4) is 5.75 Å². The highest BCUT2D eigenvalue weighted by Gasteiger charge is 2.41. The van der Waals surface area contributed by atoms with E-state index in [1.54, 1.807) is 4.90 Å². The third kappa shape index (κ3) is 3.92. The lowest BCUT2D eigenvalue weighted by Gasteiger charge is -2.37. The average Bonchev–Trinajstić information content (AvgIpc) is 2.55. The maximum absolute atomic E-state index is 13.0. The van der Waals surface area contributed by atoms with Gasteiger partial charge < -0.3 is 9.64 Å². The van der Waals surface area contributed by atoms with Crippen LogP contribution in [-0.2, 0) is 9.59 Å². The Labute approximate surface area is 138 Å². The number of ketones is 1. The van der Waals surface area contributed by atoms with E-state index in [-0.39, 0.29) is 17.8 Å². The molecule has 0 heterocycles. The van der Waals surface area contributed by atoms with Gasteiger partial charge in [0.05, 0.1) is 11.5 Å². The molecule has 1 saturated carbocycles. The highest BCUT2D eigenvalue weighted by Crippen LogP contribution is 2.40. The van der Waals surface area contributed by atoms with Crippen LogP contribution in [0.5, 0.6) is 5.75 Å². The predicted molar refractivity (Wildman–Crippen MR) is 91.8 cm³/mol. The summed E-state index contributed by atoms with van der Waals surface area (Å²) in [5.74, 6) is 1.20. The minimum absolute atomic E-state index is 0.116. The zero-order valence-corrected chi connectivity index (χ0v) is 14.6. The zero-order chi connectivity index (χ0) is 17.0. The molecule has 0 aliphatic heterocycles. The van der Waals surface area contributed by atoms with Gasteiger partial charge in [-0.05, 0) is 57.4 Å². The molecule has 0 unspecified atom stereocenters. The SMILES string of the molecule is CCC1(C(=O)N(C)c2ccc(OC(C)C)cc2)CCC(=O)CC1. The van der Waals surface area contributed by atoms with Gasteiger partial charge in [0.1, 0.15) is 11.5 Å². The number of hydrogen-bond acceptors (Lipinski definition) is 3. The maximum Gasteiger partial charge on any atom is 0.232 e. The monoisotopic (exact) mass is 317 g/mol. The molecule has 0 saturated heterocycles. The van der Waals surface area contributed by atoms with E-state index >= 15 is 0 Å². The summed E-state index contributed by atoms with van der Waals surface area (Å²) < 4.78 is 5.64. The van der Waals surface area contributed by atoms with Crippen LogP contribution in [0.4, 0.5) is 5.69 Å². The molecule has 1 aromatic carbocycles. The van der Waals surface area contributed by atoms with Crippen LogP contribution in [0.15, 0.2) is 24.3 Å². The van der Waals surface area contributed by atoms with Crippen LogP contribution in [0.2, 0.25) is 0 Å². The van der Waals surface area contributed by atoms with E-state index in [4.69, 9.17) is 4.74 Å². The largest absolute Gasteiger partial charge is 0.491 e. The Morgan fingerprint density at radius 3 is 2.26 bits per heavy atom. The topological polar surface area (TPSA) is 46.6 Å². The molecule has 0 atom stereocenters. The molecule has 0 aromatic heterocycles. The lowest BCUT2D eigenvalue weighted by molar-refractivity contribution is -0.133. The van der Waals surface area contributed by atoms with Gasteiger partial charge in [-0.1, -0.05) is 6.92 Å². The maximum atomic E-state index is 13.0. The third-order valence-corrected chi connectivity index (χ3v) is 4.80. The Bertz CT molecular complexity index is 552. The molecule has 1 aliphatic carbocycles. The van der Waals surface area contributed by atoms with E-state index < -0.39 is 5.41 Å². The van der Waals surface area contributed by atoms with Gasteiger partial charge in [-0.3, -0.25) is 9.59 Å². The normalized spacial score (nSPS) is 17.2. The summed E-state index contributed by atoms with van der Waals surface area (Å²) in [5, 5.41) is 0. The van der Waals surface area contributed by atoms with E-state index in [1.165, 1.54) is 0 Å². The Morgan fingerprint density at radius 2 is 1.78 bits per heavy atom. The summed E-state index contributed by atoms with van der Waals surface area (Å²) in [5.41, 5.74) is 0.464. The predicted octanol–water partition coefficient (Wildman–Crippen LogP) is 3.98. The zero-order valence-electron chi connectivity index (χ0n) is 14.6.